The molecule has 0 saturated carbocycles. The first-order valence-electron chi connectivity index (χ1n) is 10.1. The van der Waals surface area contributed by atoms with Crippen LogP contribution in [0.15, 0.2) is 41.8 Å². The molecule has 156 valence electrons. The van der Waals surface area contributed by atoms with Gasteiger partial charge in [-0.15, -0.1) is 11.3 Å². The molecule has 1 fully saturated rings. The van der Waals surface area contributed by atoms with E-state index in [-0.39, 0.29) is 5.91 Å². The molecule has 1 aromatic heterocycles. The third-order valence-corrected chi connectivity index (χ3v) is 5.68. The van der Waals surface area contributed by atoms with Crippen molar-refractivity contribution in [2.75, 3.05) is 39.9 Å². The van der Waals surface area contributed by atoms with Gasteiger partial charge in [-0.25, -0.2) is 0 Å². The van der Waals surface area contributed by atoms with E-state index in [9.17, 15) is 4.79 Å². The summed E-state index contributed by atoms with van der Waals surface area (Å²) >= 11 is 1.79. The largest absolute Gasteiger partial charge is 0.493 e. The van der Waals surface area contributed by atoms with Gasteiger partial charge >= 0.3 is 0 Å². The molecule has 1 amide bonds. The van der Waals surface area contributed by atoms with Crippen LogP contribution in [-0.2, 0) is 11.3 Å². The Hall–Kier alpha value is -2.31. The van der Waals surface area contributed by atoms with Crippen molar-refractivity contribution in [3.63, 3.8) is 0 Å². The number of carbonyl (C=O) groups excluding carboxylic acids is 1. The smallest absolute Gasteiger partial charge is 0.246 e. The lowest BCUT2D eigenvalue weighted by atomic mass is 10.1. The number of piperazine rings is 1. The van der Waals surface area contributed by atoms with E-state index < -0.39 is 0 Å². The number of thiophene rings is 1. The quantitative estimate of drug-likeness (QED) is 0.609. The van der Waals surface area contributed by atoms with E-state index in [0.29, 0.717) is 18.3 Å². The molecule has 0 bridgehead atoms. The standard InChI is InChI=1S/C23H30N2O3S/c1-18(2)17-28-21-8-6-19(15-22(21)27-3)7-9-23(26)25-12-10-24(11-13-25)16-20-5-4-14-29-20/h4-9,14-15,18H,10-13,16-17H2,1-3H3/b9-7+. The van der Waals surface area contributed by atoms with Crippen LogP contribution in [0.25, 0.3) is 6.08 Å². The number of methoxy groups -OCH3 is 1. The van der Waals surface area contributed by atoms with Crippen LogP contribution in [0.4, 0.5) is 0 Å². The van der Waals surface area contributed by atoms with Gasteiger partial charge in [-0.05, 0) is 41.1 Å². The third kappa shape index (κ3) is 6.34. The summed E-state index contributed by atoms with van der Waals surface area (Å²) in [6.07, 6.45) is 3.49. The summed E-state index contributed by atoms with van der Waals surface area (Å²) in [5.41, 5.74) is 0.920. The highest BCUT2D eigenvalue weighted by Gasteiger charge is 2.19. The average molecular weight is 415 g/mol. The van der Waals surface area contributed by atoms with Gasteiger partial charge in [-0.3, -0.25) is 9.69 Å². The molecule has 3 rings (SSSR count). The molecule has 5 nitrogen and oxygen atoms in total. The fourth-order valence-electron chi connectivity index (χ4n) is 3.19. The van der Waals surface area contributed by atoms with Crippen molar-refractivity contribution in [3.05, 3.63) is 52.2 Å². The Morgan fingerprint density at radius 2 is 1.97 bits per heavy atom. The van der Waals surface area contributed by atoms with E-state index in [2.05, 4.69) is 36.3 Å². The van der Waals surface area contributed by atoms with Crippen molar-refractivity contribution >= 4 is 23.3 Å². The fraction of sp³-hybridized carbons (Fsp3) is 0.435. The first-order chi connectivity index (χ1) is 14.0. The Bertz CT molecular complexity index is 810. The zero-order chi connectivity index (χ0) is 20.6. The minimum atomic E-state index is 0.0554. The van der Waals surface area contributed by atoms with E-state index in [0.717, 1.165) is 44.0 Å². The summed E-state index contributed by atoms with van der Waals surface area (Å²) in [7, 11) is 1.63. The monoisotopic (exact) mass is 414 g/mol. The minimum absolute atomic E-state index is 0.0554. The van der Waals surface area contributed by atoms with Crippen LogP contribution >= 0.6 is 11.3 Å². The number of rotatable bonds is 8. The Morgan fingerprint density at radius 3 is 2.62 bits per heavy atom. The lowest BCUT2D eigenvalue weighted by molar-refractivity contribution is -0.127. The number of carbonyl (C=O) groups is 1. The summed E-state index contributed by atoms with van der Waals surface area (Å²) in [4.78, 5) is 18.3. The molecule has 0 spiro atoms. The van der Waals surface area contributed by atoms with Crippen molar-refractivity contribution in [1.29, 1.82) is 0 Å². The van der Waals surface area contributed by atoms with Crippen LogP contribution in [0.3, 0.4) is 0 Å². The van der Waals surface area contributed by atoms with Crippen LogP contribution in [0.1, 0.15) is 24.3 Å². The molecule has 1 aliphatic rings. The van der Waals surface area contributed by atoms with Gasteiger partial charge in [0.05, 0.1) is 13.7 Å². The maximum Gasteiger partial charge on any atom is 0.246 e. The van der Waals surface area contributed by atoms with Gasteiger partial charge in [-0.2, -0.15) is 0 Å². The van der Waals surface area contributed by atoms with Crippen LogP contribution in [0, 0.1) is 5.92 Å². The molecule has 0 radical (unpaired) electrons. The van der Waals surface area contributed by atoms with Gasteiger partial charge in [-0.1, -0.05) is 26.0 Å². The van der Waals surface area contributed by atoms with Crippen molar-refractivity contribution in [2.45, 2.75) is 20.4 Å². The van der Waals surface area contributed by atoms with Gasteiger partial charge in [0.15, 0.2) is 11.5 Å². The number of ether oxygens (including phenoxy) is 2. The number of nitrogens with zero attached hydrogens (tertiary/aromatic N) is 2. The topological polar surface area (TPSA) is 42.0 Å². The first kappa shape index (κ1) is 21.4. The highest BCUT2D eigenvalue weighted by molar-refractivity contribution is 7.09. The van der Waals surface area contributed by atoms with E-state index in [4.69, 9.17) is 9.47 Å². The molecule has 1 aliphatic heterocycles. The molecule has 0 aliphatic carbocycles. The van der Waals surface area contributed by atoms with Gasteiger partial charge in [0.25, 0.3) is 0 Å². The van der Waals surface area contributed by atoms with Gasteiger partial charge in [0.2, 0.25) is 5.91 Å². The first-order valence-corrected chi connectivity index (χ1v) is 11.0. The highest BCUT2D eigenvalue weighted by Crippen LogP contribution is 2.29. The van der Waals surface area contributed by atoms with Crippen molar-refractivity contribution in [2.24, 2.45) is 5.92 Å². The summed E-state index contributed by atoms with van der Waals surface area (Å²) in [6.45, 7) is 9.18. The summed E-state index contributed by atoms with van der Waals surface area (Å²) in [5.74, 6) is 1.91. The van der Waals surface area contributed by atoms with E-state index in [1.54, 1.807) is 24.5 Å². The predicted molar refractivity (Wildman–Crippen MR) is 119 cm³/mol. The second-order valence-corrected chi connectivity index (χ2v) is 8.66. The number of hydrogen-bond donors (Lipinski definition) is 0. The second kappa shape index (κ2) is 10.5. The second-order valence-electron chi connectivity index (χ2n) is 7.63. The molecule has 0 unspecified atom stereocenters. The van der Waals surface area contributed by atoms with Crippen LogP contribution < -0.4 is 9.47 Å². The number of hydrogen-bond acceptors (Lipinski definition) is 5. The average Bonchev–Trinajstić information content (AvgIpc) is 3.24. The Labute approximate surface area is 177 Å². The predicted octanol–water partition coefficient (Wildman–Crippen LogP) is 4.15. The molecule has 2 aromatic rings. The van der Waals surface area contributed by atoms with Gasteiger partial charge < -0.3 is 14.4 Å². The minimum Gasteiger partial charge on any atom is -0.493 e. The summed E-state index contributed by atoms with van der Waals surface area (Å²) in [6, 6.07) is 9.99. The number of amides is 1. The molecule has 2 heterocycles. The zero-order valence-electron chi connectivity index (χ0n) is 17.5. The normalized spacial score (nSPS) is 15.2. The fourth-order valence-corrected chi connectivity index (χ4v) is 3.93. The molecule has 0 N–H and O–H groups in total. The molecule has 0 atom stereocenters. The summed E-state index contributed by atoms with van der Waals surface area (Å²) in [5, 5.41) is 2.11. The maximum absolute atomic E-state index is 12.6. The number of benzene rings is 1. The lowest BCUT2D eigenvalue weighted by Crippen LogP contribution is -2.47. The lowest BCUT2D eigenvalue weighted by Gasteiger charge is -2.34. The molecule has 1 aromatic carbocycles. The van der Waals surface area contributed by atoms with Crippen LogP contribution in [-0.4, -0.2) is 55.6 Å². The summed E-state index contributed by atoms with van der Waals surface area (Å²) < 4.78 is 11.2. The molecule has 6 heteroatoms. The van der Waals surface area contributed by atoms with Gasteiger partial charge in [0, 0.05) is 43.7 Å². The maximum atomic E-state index is 12.6. The molecular formula is C23H30N2O3S. The van der Waals surface area contributed by atoms with Gasteiger partial charge in [0.1, 0.15) is 0 Å². The molecule has 29 heavy (non-hydrogen) atoms. The van der Waals surface area contributed by atoms with Crippen molar-refractivity contribution in [3.8, 4) is 11.5 Å². The molecular weight excluding hydrogens is 384 g/mol. The highest BCUT2D eigenvalue weighted by atomic mass is 32.1. The van der Waals surface area contributed by atoms with Crippen LogP contribution in [0.5, 0.6) is 11.5 Å². The Morgan fingerprint density at radius 1 is 1.17 bits per heavy atom. The third-order valence-electron chi connectivity index (χ3n) is 4.82. The van der Waals surface area contributed by atoms with E-state index in [1.165, 1.54) is 4.88 Å². The Balaban J connectivity index is 1.52. The van der Waals surface area contributed by atoms with Crippen LogP contribution in [0.2, 0.25) is 0 Å². The molecule has 1 saturated heterocycles. The van der Waals surface area contributed by atoms with Crippen molar-refractivity contribution in [1.82, 2.24) is 9.80 Å². The SMILES string of the molecule is COc1cc(/C=C/C(=O)N2CCN(Cc3cccs3)CC2)ccc1OCC(C)C. The zero-order valence-corrected chi connectivity index (χ0v) is 18.3. The van der Waals surface area contributed by atoms with Crippen molar-refractivity contribution < 1.29 is 14.3 Å². The van der Waals surface area contributed by atoms with E-state index >= 15 is 0 Å². The Kier molecular flexibility index (Phi) is 7.72. The van der Waals surface area contributed by atoms with E-state index in [1.807, 2.05) is 29.2 Å².